The van der Waals surface area contributed by atoms with Crippen LogP contribution in [-0.4, -0.2) is 84.1 Å². The molecule has 1 saturated heterocycles. The number of sulfonamides is 1. The van der Waals surface area contributed by atoms with Crippen LogP contribution in [0.2, 0.25) is 0 Å². The molecule has 1 fully saturated rings. The Kier molecular flexibility index (Phi) is 10.2. The minimum atomic E-state index is -4.74. The van der Waals surface area contributed by atoms with E-state index in [1.54, 1.807) is 27.7 Å². The molecule has 226 valence electrons. The lowest BCUT2D eigenvalue weighted by Gasteiger charge is -2.34. The summed E-state index contributed by atoms with van der Waals surface area (Å²) >= 11 is 0.302. The molecule has 1 heterocycles. The maximum atomic E-state index is 14.1. The Hall–Kier alpha value is -3.75. The van der Waals surface area contributed by atoms with Crippen LogP contribution < -0.4 is 10.1 Å². The minimum Gasteiger partial charge on any atom is -0.458 e. The van der Waals surface area contributed by atoms with Crippen LogP contribution in [0.5, 0.6) is 5.75 Å². The molecule has 0 saturated carbocycles. The van der Waals surface area contributed by atoms with E-state index >= 15 is 0 Å². The third-order valence-electron chi connectivity index (χ3n) is 5.83. The molecule has 1 aliphatic heterocycles. The van der Waals surface area contributed by atoms with E-state index in [0.29, 0.717) is 21.6 Å². The third kappa shape index (κ3) is 8.17. The zero-order chi connectivity index (χ0) is 31.4. The van der Waals surface area contributed by atoms with Crippen LogP contribution in [0.3, 0.4) is 0 Å². The number of esters is 1. The lowest BCUT2D eigenvalue weighted by Crippen LogP contribution is -2.60. The van der Waals surface area contributed by atoms with Crippen molar-refractivity contribution in [2.75, 3.05) is 20.6 Å². The molecule has 0 spiro atoms. The molecular formula is C28H33N3O9S2. The molecule has 0 aromatic heterocycles. The molecule has 0 aliphatic carbocycles. The predicted molar refractivity (Wildman–Crippen MR) is 154 cm³/mol. The van der Waals surface area contributed by atoms with E-state index in [1.807, 2.05) is 0 Å². The smallest absolute Gasteiger partial charge is 0.414 e. The van der Waals surface area contributed by atoms with Gasteiger partial charge in [-0.15, -0.1) is 0 Å². The fourth-order valence-electron chi connectivity index (χ4n) is 3.80. The van der Waals surface area contributed by atoms with Crippen LogP contribution in [-0.2, 0) is 40.4 Å². The Morgan fingerprint density at radius 3 is 2.14 bits per heavy atom. The number of amides is 2. The van der Waals surface area contributed by atoms with Gasteiger partial charge >= 0.3 is 12.1 Å². The van der Waals surface area contributed by atoms with Crippen LogP contribution >= 0.6 is 11.8 Å². The highest BCUT2D eigenvalue weighted by atomic mass is 32.2. The van der Waals surface area contributed by atoms with E-state index in [4.69, 9.17) is 9.47 Å². The molecule has 0 radical (unpaired) electrons. The van der Waals surface area contributed by atoms with E-state index in [0.717, 1.165) is 5.56 Å². The number of ether oxygens (including phenoxy) is 2. The summed E-state index contributed by atoms with van der Waals surface area (Å²) in [5.41, 5.74) is 0.104. The maximum absolute atomic E-state index is 14.1. The van der Waals surface area contributed by atoms with Crippen molar-refractivity contribution in [3.8, 4) is 5.75 Å². The monoisotopic (exact) mass is 619 g/mol. The summed E-state index contributed by atoms with van der Waals surface area (Å²) in [7, 11) is -1.70. The van der Waals surface area contributed by atoms with Crippen molar-refractivity contribution in [2.24, 2.45) is 0 Å². The standard InChI is InChI=1S/C28H33N3O9S2/c1-17-7-13-20(14-8-17)42(37,38)31(24(33)23-26(35)41-22(32)16-29-23)21(25(34)40-28(2,3)4)15-18-9-11-19(12-10-18)39-27(36)30(5)6/h7-14,21,23,29H,15-16H2,1-6H3/t21-,23?/m0/s1. The molecule has 2 atom stereocenters. The Morgan fingerprint density at radius 1 is 1.02 bits per heavy atom. The van der Waals surface area contributed by atoms with Gasteiger partial charge in [0.25, 0.3) is 15.9 Å². The first-order chi connectivity index (χ1) is 19.5. The van der Waals surface area contributed by atoms with Gasteiger partial charge in [0, 0.05) is 20.5 Å². The first-order valence-corrected chi connectivity index (χ1v) is 15.1. The predicted octanol–water partition coefficient (Wildman–Crippen LogP) is 2.28. The maximum Gasteiger partial charge on any atom is 0.414 e. The van der Waals surface area contributed by atoms with Crippen LogP contribution in [0.15, 0.2) is 53.4 Å². The quantitative estimate of drug-likeness (QED) is 0.342. The van der Waals surface area contributed by atoms with E-state index in [9.17, 15) is 32.4 Å². The first-order valence-electron chi connectivity index (χ1n) is 12.8. The number of nitrogens with one attached hydrogen (secondary N) is 1. The second-order valence-corrected chi connectivity index (χ2v) is 13.6. The van der Waals surface area contributed by atoms with Crippen molar-refractivity contribution < 1.29 is 41.9 Å². The summed E-state index contributed by atoms with van der Waals surface area (Å²) in [6, 6.07) is 8.13. The normalized spacial score (nSPS) is 16.4. The van der Waals surface area contributed by atoms with Crippen molar-refractivity contribution in [1.82, 2.24) is 14.5 Å². The molecule has 0 bridgehead atoms. The molecule has 14 heteroatoms. The van der Waals surface area contributed by atoms with Gasteiger partial charge in [0.2, 0.25) is 10.2 Å². The fraction of sp³-hybridized carbons (Fsp3) is 0.393. The molecule has 2 amide bonds. The van der Waals surface area contributed by atoms with Crippen molar-refractivity contribution in [3.63, 3.8) is 0 Å². The molecule has 1 unspecified atom stereocenters. The van der Waals surface area contributed by atoms with Crippen molar-refractivity contribution in [1.29, 1.82) is 0 Å². The summed E-state index contributed by atoms with van der Waals surface area (Å²) < 4.78 is 39.3. The second kappa shape index (κ2) is 13.0. The van der Waals surface area contributed by atoms with Crippen LogP contribution in [0, 0.1) is 6.92 Å². The van der Waals surface area contributed by atoms with E-state index < -0.39 is 55.9 Å². The number of thioether (sulfide) groups is 1. The van der Waals surface area contributed by atoms with Gasteiger partial charge < -0.3 is 14.4 Å². The number of benzene rings is 2. The average Bonchev–Trinajstić information content (AvgIpc) is 2.88. The largest absolute Gasteiger partial charge is 0.458 e. The van der Waals surface area contributed by atoms with Gasteiger partial charge in [0.1, 0.15) is 17.4 Å². The number of nitrogens with zero attached hydrogens (tertiary/aromatic N) is 2. The van der Waals surface area contributed by atoms with Crippen LogP contribution in [0.1, 0.15) is 31.9 Å². The molecule has 3 rings (SSSR count). The van der Waals surface area contributed by atoms with E-state index in [2.05, 4.69) is 5.32 Å². The summed E-state index contributed by atoms with van der Waals surface area (Å²) in [5.74, 6) is -2.06. The molecule has 12 nitrogen and oxygen atoms in total. The summed E-state index contributed by atoms with van der Waals surface area (Å²) in [6.45, 7) is 6.16. The van der Waals surface area contributed by atoms with Gasteiger partial charge in [-0.25, -0.2) is 22.3 Å². The Balaban J connectivity index is 2.12. The number of hydrogen-bond donors (Lipinski definition) is 1. The van der Waals surface area contributed by atoms with Gasteiger partial charge in [0.05, 0.1) is 11.4 Å². The van der Waals surface area contributed by atoms with E-state index in [-0.39, 0.29) is 23.6 Å². The van der Waals surface area contributed by atoms with Crippen molar-refractivity contribution in [2.45, 2.75) is 56.7 Å². The van der Waals surface area contributed by atoms with Crippen molar-refractivity contribution >= 4 is 50.0 Å². The molecule has 1 aliphatic rings. The first kappa shape index (κ1) is 32.8. The molecule has 2 aromatic rings. The number of hydrogen-bond acceptors (Lipinski definition) is 11. The van der Waals surface area contributed by atoms with Crippen LogP contribution in [0.25, 0.3) is 0 Å². The molecular weight excluding hydrogens is 586 g/mol. The van der Waals surface area contributed by atoms with Gasteiger partial charge in [-0.2, -0.15) is 0 Å². The fourth-order valence-corrected chi connectivity index (χ4v) is 6.02. The molecule has 1 N–H and O–H groups in total. The number of aryl methyl sites for hydroxylation is 1. The van der Waals surface area contributed by atoms with Crippen molar-refractivity contribution in [3.05, 3.63) is 59.7 Å². The SMILES string of the molecule is Cc1ccc(S(=O)(=O)N(C(=O)C2NCC(=O)SC2=O)[C@@H](Cc2ccc(OC(=O)N(C)C)cc2)C(=O)OC(C)(C)C)cc1. The lowest BCUT2D eigenvalue weighted by atomic mass is 10.0. The summed E-state index contributed by atoms with van der Waals surface area (Å²) in [5, 5.41) is 1.07. The zero-order valence-corrected chi connectivity index (χ0v) is 25.7. The summed E-state index contributed by atoms with van der Waals surface area (Å²) in [6.07, 6.45) is -0.947. The number of carbonyl (C=O) groups excluding carboxylic acids is 5. The van der Waals surface area contributed by atoms with Gasteiger partial charge in [-0.05, 0) is 69.3 Å². The highest BCUT2D eigenvalue weighted by Crippen LogP contribution is 2.27. The minimum absolute atomic E-state index is 0.199. The molecule has 42 heavy (non-hydrogen) atoms. The highest BCUT2D eigenvalue weighted by molar-refractivity contribution is 8.26. The van der Waals surface area contributed by atoms with Crippen LogP contribution in [0.4, 0.5) is 4.79 Å². The topological polar surface area (TPSA) is 156 Å². The van der Waals surface area contributed by atoms with E-state index in [1.165, 1.54) is 67.5 Å². The lowest BCUT2D eigenvalue weighted by molar-refractivity contribution is -0.162. The molecule has 2 aromatic carbocycles. The third-order valence-corrected chi connectivity index (χ3v) is 8.46. The summed E-state index contributed by atoms with van der Waals surface area (Å²) in [4.78, 5) is 64.8. The Bertz CT molecular complexity index is 1470. The number of rotatable bonds is 8. The van der Waals surface area contributed by atoms with Gasteiger partial charge in [-0.1, -0.05) is 29.8 Å². The average molecular weight is 620 g/mol. The zero-order valence-electron chi connectivity index (χ0n) is 24.1. The Morgan fingerprint density at radius 2 is 1.62 bits per heavy atom. The van der Waals surface area contributed by atoms with Gasteiger partial charge in [0.15, 0.2) is 6.04 Å². The Labute approximate surface area is 248 Å². The highest BCUT2D eigenvalue weighted by Gasteiger charge is 2.47. The van der Waals surface area contributed by atoms with Gasteiger partial charge in [-0.3, -0.25) is 19.7 Å². The number of carbonyl (C=O) groups is 5. The second-order valence-electron chi connectivity index (χ2n) is 10.7.